The third-order valence-corrected chi connectivity index (χ3v) is 4.25. The van der Waals surface area contributed by atoms with Gasteiger partial charge in [-0.25, -0.2) is 0 Å². The maximum absolute atomic E-state index is 6.11. The lowest BCUT2D eigenvalue weighted by Crippen LogP contribution is -2.54. The zero-order chi connectivity index (χ0) is 12.8. The Balaban J connectivity index is 1.83. The summed E-state index contributed by atoms with van der Waals surface area (Å²) >= 11 is 0. The summed E-state index contributed by atoms with van der Waals surface area (Å²) in [6.07, 6.45) is 8.59. The number of hydrogen-bond acceptors (Lipinski definition) is 3. The summed E-state index contributed by atoms with van der Waals surface area (Å²) in [5.74, 6) is 0. The average molecular weight is 252 g/mol. The third kappa shape index (κ3) is 3.56. The summed E-state index contributed by atoms with van der Waals surface area (Å²) in [6.45, 7) is 10.3. The van der Waals surface area contributed by atoms with Gasteiger partial charge in [0.15, 0.2) is 0 Å². The summed E-state index contributed by atoms with van der Waals surface area (Å²) in [7, 11) is 0. The number of rotatable bonds is 7. The van der Waals surface area contributed by atoms with Crippen molar-refractivity contribution in [3.63, 3.8) is 0 Å². The molecule has 0 aromatic carbocycles. The molecule has 0 aromatic rings. The van der Waals surface area contributed by atoms with Crippen molar-refractivity contribution >= 4 is 0 Å². The van der Waals surface area contributed by atoms with Crippen LogP contribution >= 0.6 is 0 Å². The van der Waals surface area contributed by atoms with Gasteiger partial charge in [-0.05, 0) is 45.2 Å². The number of hydrogen-bond donors (Lipinski definition) is 1. The van der Waals surface area contributed by atoms with E-state index in [0.29, 0.717) is 18.2 Å². The van der Waals surface area contributed by atoms with Crippen molar-refractivity contribution in [2.45, 2.75) is 57.2 Å². The normalized spacial score (nSPS) is 30.1. The summed E-state index contributed by atoms with van der Waals surface area (Å²) in [5.41, 5.74) is 0. The van der Waals surface area contributed by atoms with E-state index in [-0.39, 0.29) is 0 Å². The molecule has 0 spiro atoms. The van der Waals surface area contributed by atoms with Crippen LogP contribution in [0.3, 0.4) is 0 Å². The van der Waals surface area contributed by atoms with Crippen LogP contribution in [0.25, 0.3) is 0 Å². The van der Waals surface area contributed by atoms with E-state index in [9.17, 15) is 0 Å². The Hall–Kier alpha value is -0.380. The van der Waals surface area contributed by atoms with Gasteiger partial charge in [-0.15, -0.1) is 6.58 Å². The van der Waals surface area contributed by atoms with Gasteiger partial charge < -0.3 is 10.1 Å². The van der Waals surface area contributed by atoms with E-state index < -0.39 is 0 Å². The topological polar surface area (TPSA) is 24.5 Å². The standard InChI is InChI=1S/C15H28N2O/c1-3-5-6-9-14(16-4-2)15-11-17-10-7-8-13(17)12-18-15/h3,13-16H,1,4-12H2,2H3. The molecule has 0 radical (unpaired) electrons. The molecule has 0 amide bonds. The molecule has 3 nitrogen and oxygen atoms in total. The summed E-state index contributed by atoms with van der Waals surface area (Å²) in [4.78, 5) is 2.63. The van der Waals surface area contributed by atoms with Gasteiger partial charge in [-0.3, -0.25) is 4.90 Å². The smallest absolute Gasteiger partial charge is 0.0855 e. The lowest BCUT2D eigenvalue weighted by atomic mass is 10.0. The van der Waals surface area contributed by atoms with Crippen molar-refractivity contribution in [1.82, 2.24) is 10.2 Å². The van der Waals surface area contributed by atoms with Crippen molar-refractivity contribution in [1.29, 1.82) is 0 Å². The van der Waals surface area contributed by atoms with E-state index in [0.717, 1.165) is 26.1 Å². The Morgan fingerprint density at radius 3 is 3.22 bits per heavy atom. The van der Waals surface area contributed by atoms with Crippen LogP contribution in [0.4, 0.5) is 0 Å². The highest BCUT2D eigenvalue weighted by Crippen LogP contribution is 2.24. The van der Waals surface area contributed by atoms with E-state index in [1.807, 2.05) is 6.08 Å². The molecule has 2 aliphatic heterocycles. The molecule has 0 saturated carbocycles. The molecule has 0 aliphatic carbocycles. The van der Waals surface area contributed by atoms with Gasteiger partial charge in [0.05, 0.1) is 12.7 Å². The minimum atomic E-state index is 0.379. The number of fused-ring (bicyclic) bond motifs is 1. The van der Waals surface area contributed by atoms with Crippen LogP contribution in [0.1, 0.15) is 39.0 Å². The fraction of sp³-hybridized carbons (Fsp3) is 0.867. The van der Waals surface area contributed by atoms with Gasteiger partial charge in [0, 0.05) is 18.6 Å². The van der Waals surface area contributed by atoms with Crippen molar-refractivity contribution in [2.24, 2.45) is 0 Å². The van der Waals surface area contributed by atoms with Gasteiger partial charge in [0.2, 0.25) is 0 Å². The second-order valence-corrected chi connectivity index (χ2v) is 5.55. The summed E-state index contributed by atoms with van der Waals surface area (Å²) in [6, 6.07) is 1.22. The van der Waals surface area contributed by atoms with Crippen LogP contribution in [0.2, 0.25) is 0 Å². The molecule has 2 fully saturated rings. The van der Waals surface area contributed by atoms with E-state index in [2.05, 4.69) is 23.7 Å². The molecule has 18 heavy (non-hydrogen) atoms. The highest BCUT2D eigenvalue weighted by molar-refractivity contribution is 4.90. The minimum Gasteiger partial charge on any atom is -0.374 e. The predicted octanol–water partition coefficient (Wildman–Crippen LogP) is 2.18. The number of likely N-dealkylation sites (N-methyl/N-ethyl adjacent to an activating group) is 1. The van der Waals surface area contributed by atoms with Gasteiger partial charge in [-0.1, -0.05) is 13.0 Å². The highest BCUT2D eigenvalue weighted by Gasteiger charge is 2.35. The number of allylic oxidation sites excluding steroid dienone is 1. The first-order valence-corrected chi connectivity index (χ1v) is 7.55. The molecule has 1 N–H and O–H groups in total. The first kappa shape index (κ1) is 14.0. The molecule has 3 atom stereocenters. The van der Waals surface area contributed by atoms with Gasteiger partial charge in [-0.2, -0.15) is 0 Å². The lowest BCUT2D eigenvalue weighted by Gasteiger charge is -2.39. The van der Waals surface area contributed by atoms with Crippen LogP contribution in [0.15, 0.2) is 12.7 Å². The van der Waals surface area contributed by atoms with E-state index in [1.54, 1.807) is 0 Å². The fourth-order valence-electron chi connectivity index (χ4n) is 3.25. The van der Waals surface area contributed by atoms with Crippen molar-refractivity contribution in [3.05, 3.63) is 12.7 Å². The van der Waals surface area contributed by atoms with Crippen LogP contribution in [-0.4, -0.2) is 49.3 Å². The maximum atomic E-state index is 6.11. The first-order valence-electron chi connectivity index (χ1n) is 7.55. The molecule has 3 heteroatoms. The first-order chi connectivity index (χ1) is 8.85. The van der Waals surface area contributed by atoms with E-state index >= 15 is 0 Å². The molecule has 2 saturated heterocycles. The average Bonchev–Trinajstić information content (AvgIpc) is 2.85. The van der Waals surface area contributed by atoms with E-state index in [4.69, 9.17) is 4.74 Å². The molecule has 104 valence electrons. The zero-order valence-corrected chi connectivity index (χ0v) is 11.7. The number of unbranched alkanes of at least 4 members (excludes halogenated alkanes) is 1. The number of ether oxygens (including phenoxy) is 1. The van der Waals surface area contributed by atoms with Gasteiger partial charge in [0.25, 0.3) is 0 Å². The van der Waals surface area contributed by atoms with Crippen LogP contribution < -0.4 is 5.32 Å². The van der Waals surface area contributed by atoms with Crippen molar-refractivity contribution < 1.29 is 4.74 Å². The quantitative estimate of drug-likeness (QED) is 0.555. The van der Waals surface area contributed by atoms with Gasteiger partial charge >= 0.3 is 0 Å². The van der Waals surface area contributed by atoms with Gasteiger partial charge in [0.1, 0.15) is 0 Å². The van der Waals surface area contributed by atoms with E-state index in [1.165, 1.54) is 32.2 Å². The second-order valence-electron chi connectivity index (χ2n) is 5.55. The monoisotopic (exact) mass is 252 g/mol. The molecule has 0 bridgehead atoms. The third-order valence-electron chi connectivity index (χ3n) is 4.25. The number of nitrogens with zero attached hydrogens (tertiary/aromatic N) is 1. The largest absolute Gasteiger partial charge is 0.374 e. The van der Waals surface area contributed by atoms with Crippen LogP contribution in [0.5, 0.6) is 0 Å². The van der Waals surface area contributed by atoms with Crippen LogP contribution in [-0.2, 0) is 4.74 Å². The lowest BCUT2D eigenvalue weighted by molar-refractivity contribution is -0.0655. The molecular formula is C15H28N2O. The molecule has 3 unspecified atom stereocenters. The Morgan fingerprint density at radius 2 is 2.44 bits per heavy atom. The fourth-order valence-corrected chi connectivity index (χ4v) is 3.25. The Morgan fingerprint density at radius 1 is 1.56 bits per heavy atom. The van der Waals surface area contributed by atoms with Crippen LogP contribution in [0, 0.1) is 0 Å². The predicted molar refractivity (Wildman–Crippen MR) is 75.8 cm³/mol. The molecule has 0 aromatic heterocycles. The summed E-state index contributed by atoms with van der Waals surface area (Å²) < 4.78 is 6.11. The SMILES string of the molecule is C=CCCCC(NCC)C1CN2CCCC2CO1. The molecule has 2 heterocycles. The summed E-state index contributed by atoms with van der Waals surface area (Å²) in [5, 5.41) is 3.61. The Bertz CT molecular complexity index is 257. The highest BCUT2D eigenvalue weighted by atomic mass is 16.5. The Labute approximate surface area is 112 Å². The molecule has 2 aliphatic rings. The maximum Gasteiger partial charge on any atom is 0.0855 e. The number of morpholine rings is 1. The molecular weight excluding hydrogens is 224 g/mol. The zero-order valence-electron chi connectivity index (χ0n) is 11.7. The van der Waals surface area contributed by atoms with Crippen molar-refractivity contribution in [3.8, 4) is 0 Å². The molecule has 2 rings (SSSR count). The number of nitrogens with one attached hydrogen (secondary N) is 1. The van der Waals surface area contributed by atoms with Crippen molar-refractivity contribution in [2.75, 3.05) is 26.2 Å². The second kappa shape index (κ2) is 7.27. The Kier molecular flexibility index (Phi) is 5.67. The minimum absolute atomic E-state index is 0.379.